The van der Waals surface area contributed by atoms with Crippen molar-refractivity contribution in [2.45, 2.75) is 43.7 Å². The average molecular weight is 445 g/mol. The molecule has 2 aromatic carbocycles. The predicted octanol–water partition coefficient (Wildman–Crippen LogP) is 5.21. The van der Waals surface area contributed by atoms with Crippen molar-refractivity contribution in [3.63, 3.8) is 0 Å². The number of benzene rings is 2. The summed E-state index contributed by atoms with van der Waals surface area (Å²) in [6.07, 6.45) is 0. The number of thioether (sulfide) groups is 1. The predicted molar refractivity (Wildman–Crippen MR) is 121 cm³/mol. The minimum atomic E-state index is -0.281. The molecule has 3 aromatic rings. The Balaban J connectivity index is 1.54. The summed E-state index contributed by atoms with van der Waals surface area (Å²) in [4.78, 5) is 14.8. The Labute approximate surface area is 184 Å². The smallest absolute Gasteiger partial charge is 0.233 e. The zero-order valence-electron chi connectivity index (χ0n) is 17.3. The summed E-state index contributed by atoms with van der Waals surface area (Å²) in [7, 11) is 0. The van der Waals surface area contributed by atoms with Crippen LogP contribution >= 0.6 is 23.1 Å². The summed E-state index contributed by atoms with van der Waals surface area (Å²) in [6, 6.07) is 16.3. The molecule has 3 rings (SSSR count). The van der Waals surface area contributed by atoms with E-state index in [1.165, 1.54) is 35.2 Å². The van der Waals surface area contributed by atoms with Crippen LogP contribution in [0.1, 0.15) is 31.9 Å². The van der Waals surface area contributed by atoms with Crippen molar-refractivity contribution in [2.24, 2.45) is 0 Å². The molecule has 0 radical (unpaired) electrons. The van der Waals surface area contributed by atoms with Gasteiger partial charge in [0.15, 0.2) is 4.34 Å². The van der Waals surface area contributed by atoms with E-state index in [1.807, 2.05) is 56.0 Å². The van der Waals surface area contributed by atoms with Gasteiger partial charge in [-0.3, -0.25) is 4.79 Å². The van der Waals surface area contributed by atoms with Crippen LogP contribution in [-0.4, -0.2) is 32.3 Å². The molecule has 0 saturated heterocycles. The fourth-order valence-corrected chi connectivity index (χ4v) is 4.41. The normalized spacial score (nSPS) is 11.3. The van der Waals surface area contributed by atoms with Crippen LogP contribution in [0, 0.1) is 5.82 Å². The Hall–Kier alpha value is -2.45. The third-order valence-electron chi connectivity index (χ3n) is 4.38. The van der Waals surface area contributed by atoms with Gasteiger partial charge in [0.25, 0.3) is 0 Å². The van der Waals surface area contributed by atoms with E-state index < -0.39 is 0 Å². The molecular formula is C22H25FN4OS2. The summed E-state index contributed by atoms with van der Waals surface area (Å²) in [5.41, 5.74) is 1.78. The molecule has 5 nitrogen and oxygen atoms in total. The third kappa shape index (κ3) is 6.53. The van der Waals surface area contributed by atoms with Crippen molar-refractivity contribution in [1.82, 2.24) is 15.1 Å². The molecule has 0 saturated carbocycles. The lowest BCUT2D eigenvalue weighted by Crippen LogP contribution is -2.45. The number of rotatable bonds is 8. The van der Waals surface area contributed by atoms with E-state index in [-0.39, 0.29) is 17.3 Å². The molecule has 0 bridgehead atoms. The first-order chi connectivity index (χ1) is 14.3. The van der Waals surface area contributed by atoms with Crippen LogP contribution in [0.15, 0.2) is 58.9 Å². The topological polar surface area (TPSA) is 58.1 Å². The Morgan fingerprint density at radius 1 is 1.07 bits per heavy atom. The highest BCUT2D eigenvalue weighted by Crippen LogP contribution is 2.27. The summed E-state index contributed by atoms with van der Waals surface area (Å²) in [5.74, 6) is 0.110. The van der Waals surface area contributed by atoms with Gasteiger partial charge >= 0.3 is 0 Å². The van der Waals surface area contributed by atoms with E-state index >= 15 is 0 Å². The van der Waals surface area contributed by atoms with Gasteiger partial charge in [0, 0.05) is 18.6 Å². The molecular weight excluding hydrogens is 419 g/mol. The summed E-state index contributed by atoms with van der Waals surface area (Å²) in [5, 5.41) is 12.1. The number of hydrogen-bond acceptors (Lipinski definition) is 6. The Morgan fingerprint density at radius 2 is 1.77 bits per heavy atom. The van der Waals surface area contributed by atoms with Crippen molar-refractivity contribution in [3.8, 4) is 0 Å². The van der Waals surface area contributed by atoms with Crippen molar-refractivity contribution in [2.75, 3.05) is 11.1 Å². The Morgan fingerprint density at radius 3 is 2.43 bits per heavy atom. The molecule has 158 valence electrons. The first-order valence-electron chi connectivity index (χ1n) is 9.60. The van der Waals surface area contributed by atoms with Crippen LogP contribution in [-0.2, 0) is 17.9 Å². The highest BCUT2D eigenvalue weighted by atomic mass is 32.2. The Bertz CT molecular complexity index is 955. The second kappa shape index (κ2) is 10.0. The average Bonchev–Trinajstić information content (AvgIpc) is 3.18. The zero-order valence-corrected chi connectivity index (χ0v) is 18.9. The largest absolute Gasteiger partial charge is 0.356 e. The van der Waals surface area contributed by atoms with Crippen LogP contribution in [0.3, 0.4) is 0 Å². The fourth-order valence-electron chi connectivity index (χ4n) is 2.79. The molecule has 1 heterocycles. The van der Waals surface area contributed by atoms with Gasteiger partial charge in [-0.2, -0.15) is 0 Å². The third-order valence-corrected chi connectivity index (χ3v) is 6.38. The molecule has 1 N–H and O–H groups in total. The minimum absolute atomic E-state index is 0.0624. The van der Waals surface area contributed by atoms with E-state index in [2.05, 4.69) is 15.5 Å². The maximum absolute atomic E-state index is 13.0. The maximum atomic E-state index is 13.0. The molecule has 0 atom stereocenters. The second-order valence-electron chi connectivity index (χ2n) is 7.78. The number of carbonyl (C=O) groups is 1. The van der Waals surface area contributed by atoms with Gasteiger partial charge in [0.1, 0.15) is 5.82 Å². The number of amides is 1. The van der Waals surface area contributed by atoms with E-state index in [0.717, 1.165) is 15.5 Å². The molecule has 0 unspecified atom stereocenters. The maximum Gasteiger partial charge on any atom is 0.233 e. The standard InChI is InChI=1S/C22H25FN4OS2/c1-22(2,3)27(14-17-7-5-4-6-8-17)19(28)15-29-21-26-25-20(30-21)24-13-16-9-11-18(23)12-10-16/h4-12H,13-15H2,1-3H3,(H,24,25). The van der Waals surface area contributed by atoms with Crippen molar-refractivity contribution in [3.05, 3.63) is 71.5 Å². The molecule has 0 aliphatic heterocycles. The molecule has 1 amide bonds. The number of carbonyl (C=O) groups excluding carboxylic acids is 1. The lowest BCUT2D eigenvalue weighted by atomic mass is 10.0. The molecule has 0 aliphatic rings. The molecule has 0 fully saturated rings. The zero-order chi connectivity index (χ0) is 21.6. The highest BCUT2D eigenvalue weighted by molar-refractivity contribution is 8.01. The first-order valence-corrected chi connectivity index (χ1v) is 11.4. The number of aromatic nitrogens is 2. The Kier molecular flexibility index (Phi) is 7.44. The van der Waals surface area contributed by atoms with Gasteiger partial charge in [0.2, 0.25) is 11.0 Å². The van der Waals surface area contributed by atoms with E-state index in [0.29, 0.717) is 24.0 Å². The molecule has 1 aromatic heterocycles. The SMILES string of the molecule is CC(C)(C)N(Cc1ccccc1)C(=O)CSc1nnc(NCc2ccc(F)cc2)s1. The van der Waals surface area contributed by atoms with Gasteiger partial charge < -0.3 is 10.2 Å². The minimum Gasteiger partial charge on any atom is -0.356 e. The molecule has 0 spiro atoms. The summed E-state index contributed by atoms with van der Waals surface area (Å²) in [6.45, 7) is 7.24. The molecule has 0 aliphatic carbocycles. The van der Waals surface area contributed by atoms with Crippen molar-refractivity contribution < 1.29 is 9.18 Å². The van der Waals surface area contributed by atoms with E-state index in [1.54, 1.807) is 12.1 Å². The lowest BCUT2D eigenvalue weighted by Gasteiger charge is -2.36. The number of hydrogen-bond donors (Lipinski definition) is 1. The van der Waals surface area contributed by atoms with Crippen molar-refractivity contribution in [1.29, 1.82) is 0 Å². The number of anilines is 1. The first kappa shape index (κ1) is 22.2. The van der Waals surface area contributed by atoms with Crippen LogP contribution in [0.4, 0.5) is 9.52 Å². The van der Waals surface area contributed by atoms with E-state index in [4.69, 9.17) is 0 Å². The monoisotopic (exact) mass is 444 g/mol. The van der Waals surface area contributed by atoms with Gasteiger partial charge in [0.05, 0.1) is 5.75 Å². The fraction of sp³-hybridized carbons (Fsp3) is 0.318. The van der Waals surface area contributed by atoms with Crippen LogP contribution in [0.5, 0.6) is 0 Å². The van der Waals surface area contributed by atoms with Gasteiger partial charge in [-0.25, -0.2) is 4.39 Å². The summed E-state index contributed by atoms with van der Waals surface area (Å²) < 4.78 is 13.7. The molecule has 30 heavy (non-hydrogen) atoms. The van der Waals surface area contributed by atoms with E-state index in [9.17, 15) is 9.18 Å². The number of nitrogens with one attached hydrogen (secondary N) is 1. The second-order valence-corrected chi connectivity index (χ2v) is 9.98. The van der Waals surface area contributed by atoms with Crippen LogP contribution in [0.25, 0.3) is 0 Å². The van der Waals surface area contributed by atoms with Gasteiger partial charge in [-0.15, -0.1) is 10.2 Å². The highest BCUT2D eigenvalue weighted by Gasteiger charge is 2.26. The molecule has 8 heteroatoms. The van der Waals surface area contributed by atoms with Gasteiger partial charge in [-0.1, -0.05) is 65.6 Å². The van der Waals surface area contributed by atoms with Crippen LogP contribution < -0.4 is 5.32 Å². The van der Waals surface area contributed by atoms with Crippen molar-refractivity contribution >= 4 is 34.1 Å². The number of nitrogens with zero attached hydrogens (tertiary/aromatic N) is 3. The number of halogens is 1. The quantitative estimate of drug-likeness (QED) is 0.484. The summed E-state index contributed by atoms with van der Waals surface area (Å²) >= 11 is 2.80. The van der Waals surface area contributed by atoms with Gasteiger partial charge in [-0.05, 0) is 44.0 Å². The lowest BCUT2D eigenvalue weighted by molar-refractivity contribution is -0.133. The van der Waals surface area contributed by atoms with Crippen LogP contribution in [0.2, 0.25) is 0 Å².